The molecule has 0 spiro atoms. The quantitative estimate of drug-likeness (QED) is 0.831. The van der Waals surface area contributed by atoms with Crippen LogP contribution in [0.15, 0.2) is 42.7 Å². The molecule has 0 saturated carbocycles. The van der Waals surface area contributed by atoms with Crippen molar-refractivity contribution in [2.75, 3.05) is 13.1 Å². The highest BCUT2D eigenvalue weighted by Gasteiger charge is 2.29. The van der Waals surface area contributed by atoms with Gasteiger partial charge in [-0.05, 0) is 49.6 Å². The lowest BCUT2D eigenvalue weighted by atomic mass is 9.96. The minimum atomic E-state index is -0.232. The minimum Gasteiger partial charge on any atom is -0.349 e. The van der Waals surface area contributed by atoms with E-state index in [1.165, 1.54) is 0 Å². The molecule has 3 rings (SSSR count). The Morgan fingerprint density at radius 1 is 1.26 bits per heavy atom. The molecule has 0 bridgehead atoms. The Morgan fingerprint density at radius 3 is 2.78 bits per heavy atom. The summed E-state index contributed by atoms with van der Waals surface area (Å²) in [6.07, 6.45) is 4.99. The number of carbonyl (C=O) groups is 2. The Kier molecular flexibility index (Phi) is 6.34. The van der Waals surface area contributed by atoms with Gasteiger partial charge in [-0.1, -0.05) is 29.3 Å². The Bertz CT molecular complexity index is 829. The van der Waals surface area contributed by atoms with Gasteiger partial charge in [0.1, 0.15) is 0 Å². The van der Waals surface area contributed by atoms with Gasteiger partial charge in [0.25, 0.3) is 5.91 Å². The van der Waals surface area contributed by atoms with E-state index in [0.29, 0.717) is 28.7 Å². The molecule has 142 valence electrons. The van der Waals surface area contributed by atoms with Gasteiger partial charge < -0.3 is 10.2 Å². The van der Waals surface area contributed by atoms with E-state index in [-0.39, 0.29) is 23.8 Å². The molecule has 1 aliphatic heterocycles. The number of nitrogens with one attached hydrogen (secondary N) is 1. The van der Waals surface area contributed by atoms with E-state index < -0.39 is 0 Å². The zero-order valence-electron chi connectivity index (χ0n) is 15.0. The molecule has 0 unspecified atom stereocenters. The maximum absolute atomic E-state index is 12.8. The Hall–Kier alpha value is -2.11. The number of piperidine rings is 1. The largest absolute Gasteiger partial charge is 0.349 e. The lowest BCUT2D eigenvalue weighted by Gasteiger charge is -2.32. The van der Waals surface area contributed by atoms with Crippen molar-refractivity contribution in [2.45, 2.75) is 25.8 Å². The maximum Gasteiger partial charge on any atom is 0.253 e. The summed E-state index contributed by atoms with van der Waals surface area (Å²) in [7, 11) is 0. The van der Waals surface area contributed by atoms with E-state index in [1.54, 1.807) is 35.5 Å². The first-order valence-electron chi connectivity index (χ1n) is 8.90. The number of nitrogens with zero attached hydrogens (tertiary/aromatic N) is 2. The molecule has 2 heterocycles. The van der Waals surface area contributed by atoms with Crippen LogP contribution in [-0.4, -0.2) is 34.8 Å². The molecule has 7 heteroatoms. The summed E-state index contributed by atoms with van der Waals surface area (Å²) in [5.41, 5.74) is 1.43. The fraction of sp³-hybridized carbons (Fsp3) is 0.350. The van der Waals surface area contributed by atoms with Crippen molar-refractivity contribution in [3.8, 4) is 0 Å². The van der Waals surface area contributed by atoms with Crippen molar-refractivity contribution in [1.29, 1.82) is 0 Å². The molecular formula is C20H21Cl2N3O2. The van der Waals surface area contributed by atoms with E-state index in [1.807, 2.05) is 19.1 Å². The number of benzene rings is 1. The second-order valence-electron chi connectivity index (χ2n) is 6.74. The van der Waals surface area contributed by atoms with Crippen LogP contribution in [0.1, 0.15) is 41.7 Å². The van der Waals surface area contributed by atoms with E-state index >= 15 is 0 Å². The lowest BCUT2D eigenvalue weighted by Crippen LogP contribution is -2.45. The summed E-state index contributed by atoms with van der Waals surface area (Å²) in [6.45, 7) is 2.95. The van der Waals surface area contributed by atoms with E-state index in [9.17, 15) is 9.59 Å². The summed E-state index contributed by atoms with van der Waals surface area (Å²) >= 11 is 11.9. The van der Waals surface area contributed by atoms with Gasteiger partial charge in [-0.15, -0.1) is 0 Å². The van der Waals surface area contributed by atoms with Crippen LogP contribution in [0.3, 0.4) is 0 Å². The molecule has 0 aliphatic carbocycles. The highest BCUT2D eigenvalue weighted by Crippen LogP contribution is 2.25. The Balaban J connectivity index is 1.63. The van der Waals surface area contributed by atoms with Crippen molar-refractivity contribution in [2.24, 2.45) is 5.92 Å². The van der Waals surface area contributed by atoms with Gasteiger partial charge in [0.15, 0.2) is 0 Å². The average molecular weight is 406 g/mol. The summed E-state index contributed by atoms with van der Waals surface area (Å²) in [5, 5.41) is 3.78. The second-order valence-corrected chi connectivity index (χ2v) is 7.55. The fourth-order valence-electron chi connectivity index (χ4n) is 3.23. The standard InChI is InChI=1S/C20H21Cl2N3O2/c1-13(15-4-2-8-23-11-15)24-19(26)16-5-3-9-25(12-16)20(27)14-6-7-17(21)18(22)10-14/h2,4,6-8,10-11,13,16H,3,5,9,12H2,1H3,(H,24,26)/t13-,16+/m0/s1. The zero-order valence-corrected chi connectivity index (χ0v) is 16.5. The average Bonchev–Trinajstić information content (AvgIpc) is 2.70. The van der Waals surface area contributed by atoms with Crippen molar-refractivity contribution >= 4 is 35.0 Å². The third-order valence-corrected chi connectivity index (χ3v) is 5.53. The molecule has 1 aliphatic rings. The number of rotatable bonds is 4. The van der Waals surface area contributed by atoms with Gasteiger partial charge in [0, 0.05) is 31.0 Å². The molecule has 5 nitrogen and oxygen atoms in total. The second kappa shape index (κ2) is 8.72. The molecule has 1 fully saturated rings. The van der Waals surface area contributed by atoms with Crippen molar-refractivity contribution in [1.82, 2.24) is 15.2 Å². The summed E-state index contributed by atoms with van der Waals surface area (Å²) in [6, 6.07) is 8.48. The van der Waals surface area contributed by atoms with Gasteiger partial charge in [0.05, 0.1) is 22.0 Å². The van der Waals surface area contributed by atoms with Crippen LogP contribution in [0.5, 0.6) is 0 Å². The normalized spacial score (nSPS) is 18.0. The summed E-state index contributed by atoms with van der Waals surface area (Å²) in [4.78, 5) is 31.2. The van der Waals surface area contributed by atoms with Gasteiger partial charge in [0.2, 0.25) is 5.91 Å². The SMILES string of the molecule is C[C@H](NC(=O)[C@@H]1CCCN(C(=O)c2ccc(Cl)c(Cl)c2)C1)c1cccnc1. The van der Waals surface area contributed by atoms with E-state index in [0.717, 1.165) is 18.4 Å². The van der Waals surface area contributed by atoms with Gasteiger partial charge in [-0.2, -0.15) is 0 Å². The predicted molar refractivity (Wildman–Crippen MR) is 106 cm³/mol. The molecule has 1 saturated heterocycles. The first-order valence-corrected chi connectivity index (χ1v) is 9.66. The lowest BCUT2D eigenvalue weighted by molar-refractivity contribution is -0.127. The summed E-state index contributed by atoms with van der Waals surface area (Å²) in [5.74, 6) is -0.408. The van der Waals surface area contributed by atoms with Crippen molar-refractivity contribution < 1.29 is 9.59 Å². The maximum atomic E-state index is 12.8. The first kappa shape index (κ1) is 19.6. The number of hydrogen-bond donors (Lipinski definition) is 1. The fourth-order valence-corrected chi connectivity index (χ4v) is 3.53. The number of carbonyl (C=O) groups excluding carboxylic acids is 2. The minimum absolute atomic E-state index is 0.0435. The number of likely N-dealkylation sites (tertiary alicyclic amines) is 1. The van der Waals surface area contributed by atoms with Gasteiger partial charge in [-0.25, -0.2) is 0 Å². The Morgan fingerprint density at radius 2 is 2.07 bits per heavy atom. The van der Waals surface area contributed by atoms with Gasteiger partial charge in [-0.3, -0.25) is 14.6 Å². The molecule has 27 heavy (non-hydrogen) atoms. The van der Waals surface area contributed by atoms with E-state index in [4.69, 9.17) is 23.2 Å². The third-order valence-electron chi connectivity index (χ3n) is 4.79. The van der Waals surface area contributed by atoms with Crippen LogP contribution in [0.25, 0.3) is 0 Å². The van der Waals surface area contributed by atoms with E-state index in [2.05, 4.69) is 10.3 Å². The molecule has 1 aromatic heterocycles. The van der Waals surface area contributed by atoms with Crippen LogP contribution in [0.2, 0.25) is 10.0 Å². The predicted octanol–water partition coefficient (Wildman–Crippen LogP) is 4.12. The van der Waals surface area contributed by atoms with Gasteiger partial charge >= 0.3 is 0 Å². The molecule has 1 N–H and O–H groups in total. The number of aromatic nitrogens is 1. The molecule has 0 radical (unpaired) electrons. The molecule has 2 atom stereocenters. The zero-order chi connectivity index (χ0) is 19.4. The monoisotopic (exact) mass is 405 g/mol. The third kappa shape index (κ3) is 4.79. The van der Waals surface area contributed by atoms with Crippen LogP contribution in [-0.2, 0) is 4.79 Å². The van der Waals surface area contributed by atoms with Crippen LogP contribution in [0, 0.1) is 5.92 Å². The molecular weight excluding hydrogens is 385 g/mol. The topological polar surface area (TPSA) is 62.3 Å². The summed E-state index contributed by atoms with van der Waals surface area (Å²) < 4.78 is 0. The number of hydrogen-bond acceptors (Lipinski definition) is 3. The molecule has 1 aromatic carbocycles. The van der Waals surface area contributed by atoms with Crippen molar-refractivity contribution in [3.63, 3.8) is 0 Å². The van der Waals surface area contributed by atoms with Crippen LogP contribution >= 0.6 is 23.2 Å². The smallest absolute Gasteiger partial charge is 0.253 e. The van der Waals surface area contributed by atoms with Crippen LogP contribution in [0.4, 0.5) is 0 Å². The first-order chi connectivity index (χ1) is 13.0. The molecule has 2 aromatic rings. The molecule has 2 amide bonds. The van der Waals surface area contributed by atoms with Crippen LogP contribution < -0.4 is 5.32 Å². The number of halogens is 2. The van der Waals surface area contributed by atoms with Crippen molar-refractivity contribution in [3.05, 3.63) is 63.9 Å². The highest BCUT2D eigenvalue weighted by atomic mass is 35.5. The number of amides is 2. The number of pyridine rings is 1. The highest BCUT2D eigenvalue weighted by molar-refractivity contribution is 6.42. The Labute approximate surface area is 168 Å².